The molecular weight excluding hydrogens is 204 g/mol. The number of hydrogen-bond donors (Lipinski definition) is 2. The van der Waals surface area contributed by atoms with E-state index in [-0.39, 0.29) is 0 Å². The predicted molar refractivity (Wildman–Crippen MR) is 63.4 cm³/mol. The van der Waals surface area contributed by atoms with Crippen LogP contribution in [-0.4, -0.2) is 9.97 Å². The molecule has 15 heavy (non-hydrogen) atoms. The van der Waals surface area contributed by atoms with Crippen LogP contribution >= 0.6 is 12.2 Å². The molecule has 0 atom stereocenters. The zero-order valence-electron chi connectivity index (χ0n) is 8.34. The highest BCUT2D eigenvalue weighted by molar-refractivity contribution is 7.71. The van der Waals surface area contributed by atoms with Gasteiger partial charge in [0.15, 0.2) is 4.77 Å². The monoisotopic (exact) mass is 216 g/mol. The number of rotatable bonds is 1. The van der Waals surface area contributed by atoms with Crippen LogP contribution in [0.25, 0.3) is 11.3 Å². The van der Waals surface area contributed by atoms with Crippen LogP contribution < -0.4 is 0 Å². The Hall–Kier alpha value is -1.35. The van der Waals surface area contributed by atoms with Gasteiger partial charge in [-0.25, -0.2) is 0 Å². The third-order valence-electron chi connectivity index (χ3n) is 3.01. The van der Waals surface area contributed by atoms with Gasteiger partial charge in [0.2, 0.25) is 0 Å². The molecule has 1 aromatic carbocycles. The number of hydrogen-bond acceptors (Lipinski definition) is 1. The Kier molecular flexibility index (Phi) is 1.99. The molecule has 0 radical (unpaired) electrons. The van der Waals surface area contributed by atoms with E-state index in [1.165, 1.54) is 36.0 Å². The van der Waals surface area contributed by atoms with Gasteiger partial charge in [-0.1, -0.05) is 12.1 Å². The molecule has 0 bridgehead atoms. The van der Waals surface area contributed by atoms with Crippen LogP contribution in [-0.2, 0) is 12.8 Å². The molecule has 76 valence electrons. The number of aromatic nitrogens is 2. The SMILES string of the molecule is S=c1[nH]cc(-c2ccc3c(c2)CCC3)[nH]1. The van der Waals surface area contributed by atoms with E-state index < -0.39 is 0 Å². The molecule has 1 aliphatic rings. The zero-order chi connectivity index (χ0) is 10.3. The van der Waals surface area contributed by atoms with Crippen LogP contribution in [0.15, 0.2) is 24.4 Å². The minimum Gasteiger partial charge on any atom is -0.337 e. The molecule has 1 aliphatic carbocycles. The molecule has 0 aliphatic heterocycles. The van der Waals surface area contributed by atoms with Crippen molar-refractivity contribution < 1.29 is 0 Å². The van der Waals surface area contributed by atoms with Gasteiger partial charge in [0, 0.05) is 6.20 Å². The first-order valence-corrected chi connectivity index (χ1v) is 5.63. The summed E-state index contributed by atoms with van der Waals surface area (Å²) >= 11 is 5.02. The van der Waals surface area contributed by atoms with Gasteiger partial charge >= 0.3 is 0 Å². The van der Waals surface area contributed by atoms with Crippen molar-refractivity contribution >= 4 is 12.2 Å². The van der Waals surface area contributed by atoms with E-state index in [2.05, 4.69) is 28.2 Å². The van der Waals surface area contributed by atoms with E-state index in [0.29, 0.717) is 4.77 Å². The van der Waals surface area contributed by atoms with Crippen molar-refractivity contribution in [3.63, 3.8) is 0 Å². The second-order valence-corrected chi connectivity index (χ2v) is 4.40. The number of benzene rings is 1. The molecule has 0 saturated heterocycles. The maximum Gasteiger partial charge on any atom is 0.174 e. The van der Waals surface area contributed by atoms with E-state index in [1.54, 1.807) is 0 Å². The number of aryl methyl sites for hydroxylation is 2. The third-order valence-corrected chi connectivity index (χ3v) is 3.23. The predicted octanol–water partition coefficient (Wildman–Crippen LogP) is 3.23. The molecule has 2 aromatic rings. The number of H-pyrrole nitrogens is 2. The normalized spacial score (nSPS) is 14.1. The Balaban J connectivity index is 2.10. The number of fused-ring (bicyclic) bond motifs is 1. The fourth-order valence-electron chi connectivity index (χ4n) is 2.23. The van der Waals surface area contributed by atoms with Gasteiger partial charge in [0.05, 0.1) is 5.69 Å². The quantitative estimate of drug-likeness (QED) is 0.705. The maximum atomic E-state index is 5.02. The van der Waals surface area contributed by atoms with Gasteiger partial charge in [0.1, 0.15) is 0 Å². The zero-order valence-corrected chi connectivity index (χ0v) is 9.16. The largest absolute Gasteiger partial charge is 0.337 e. The number of nitrogens with one attached hydrogen (secondary N) is 2. The Morgan fingerprint density at radius 2 is 2.00 bits per heavy atom. The van der Waals surface area contributed by atoms with Crippen molar-refractivity contribution in [2.45, 2.75) is 19.3 Å². The van der Waals surface area contributed by atoms with E-state index in [1.807, 2.05) is 6.20 Å². The molecule has 1 aromatic heterocycles. The van der Waals surface area contributed by atoms with Crippen molar-refractivity contribution in [3.05, 3.63) is 40.3 Å². The summed E-state index contributed by atoms with van der Waals surface area (Å²) < 4.78 is 0.686. The summed E-state index contributed by atoms with van der Waals surface area (Å²) in [5, 5.41) is 0. The van der Waals surface area contributed by atoms with Crippen molar-refractivity contribution in [1.29, 1.82) is 0 Å². The summed E-state index contributed by atoms with van der Waals surface area (Å²) in [5.74, 6) is 0. The van der Waals surface area contributed by atoms with Gasteiger partial charge in [-0.05, 0) is 54.2 Å². The lowest BCUT2D eigenvalue weighted by Crippen LogP contribution is -1.84. The Labute approximate surface area is 93.4 Å². The van der Waals surface area contributed by atoms with Crippen LogP contribution in [0.1, 0.15) is 17.5 Å². The van der Waals surface area contributed by atoms with E-state index in [0.717, 1.165) is 5.69 Å². The van der Waals surface area contributed by atoms with Crippen molar-refractivity contribution in [2.24, 2.45) is 0 Å². The van der Waals surface area contributed by atoms with E-state index >= 15 is 0 Å². The minimum atomic E-state index is 0.686. The van der Waals surface area contributed by atoms with Crippen LogP contribution in [0.2, 0.25) is 0 Å². The fraction of sp³-hybridized carbons (Fsp3) is 0.250. The smallest absolute Gasteiger partial charge is 0.174 e. The van der Waals surface area contributed by atoms with Crippen LogP contribution in [0.5, 0.6) is 0 Å². The molecular formula is C12H12N2S. The van der Waals surface area contributed by atoms with Crippen molar-refractivity contribution in [3.8, 4) is 11.3 Å². The molecule has 3 rings (SSSR count). The minimum absolute atomic E-state index is 0.686. The van der Waals surface area contributed by atoms with Gasteiger partial charge in [-0.2, -0.15) is 0 Å². The van der Waals surface area contributed by atoms with Gasteiger partial charge in [-0.15, -0.1) is 0 Å². The molecule has 0 amide bonds. The van der Waals surface area contributed by atoms with Gasteiger partial charge in [0.25, 0.3) is 0 Å². The first-order chi connectivity index (χ1) is 7.33. The first kappa shape index (κ1) is 8.92. The second-order valence-electron chi connectivity index (χ2n) is 3.99. The molecule has 0 fully saturated rings. The molecule has 3 heteroatoms. The molecule has 0 spiro atoms. The highest BCUT2D eigenvalue weighted by atomic mass is 32.1. The Bertz CT molecular complexity index is 551. The van der Waals surface area contributed by atoms with E-state index in [4.69, 9.17) is 12.2 Å². The Morgan fingerprint density at radius 3 is 2.80 bits per heavy atom. The molecule has 2 N–H and O–H groups in total. The summed E-state index contributed by atoms with van der Waals surface area (Å²) in [6.07, 6.45) is 5.67. The van der Waals surface area contributed by atoms with Gasteiger partial charge < -0.3 is 9.97 Å². The lowest BCUT2D eigenvalue weighted by molar-refractivity contribution is 0.912. The number of imidazole rings is 1. The highest BCUT2D eigenvalue weighted by Crippen LogP contribution is 2.26. The fourth-order valence-corrected chi connectivity index (χ4v) is 2.40. The first-order valence-electron chi connectivity index (χ1n) is 5.23. The number of aromatic amines is 2. The topological polar surface area (TPSA) is 31.6 Å². The summed E-state index contributed by atoms with van der Waals surface area (Å²) in [5.41, 5.74) is 5.30. The Morgan fingerprint density at radius 1 is 1.13 bits per heavy atom. The average Bonchev–Trinajstić information content (AvgIpc) is 2.84. The molecule has 1 heterocycles. The van der Waals surface area contributed by atoms with Crippen LogP contribution in [0.4, 0.5) is 0 Å². The van der Waals surface area contributed by atoms with Gasteiger partial charge in [-0.3, -0.25) is 0 Å². The van der Waals surface area contributed by atoms with Crippen molar-refractivity contribution in [1.82, 2.24) is 9.97 Å². The lowest BCUT2D eigenvalue weighted by atomic mass is 10.1. The summed E-state index contributed by atoms with van der Waals surface area (Å²) in [6, 6.07) is 6.68. The molecule has 0 unspecified atom stereocenters. The van der Waals surface area contributed by atoms with Crippen molar-refractivity contribution in [2.75, 3.05) is 0 Å². The summed E-state index contributed by atoms with van der Waals surface area (Å²) in [6.45, 7) is 0. The maximum absolute atomic E-state index is 5.02. The van der Waals surface area contributed by atoms with Crippen LogP contribution in [0, 0.1) is 4.77 Å². The molecule has 2 nitrogen and oxygen atoms in total. The summed E-state index contributed by atoms with van der Waals surface area (Å²) in [7, 11) is 0. The van der Waals surface area contributed by atoms with E-state index in [9.17, 15) is 0 Å². The van der Waals surface area contributed by atoms with Crippen LogP contribution in [0.3, 0.4) is 0 Å². The highest BCUT2D eigenvalue weighted by Gasteiger charge is 2.11. The lowest BCUT2D eigenvalue weighted by Gasteiger charge is -2.02. The second kappa shape index (κ2) is 3.35. The summed E-state index contributed by atoms with van der Waals surface area (Å²) in [4.78, 5) is 6.14. The third kappa shape index (κ3) is 1.53. The molecule has 0 saturated carbocycles. The average molecular weight is 216 g/mol. The standard InChI is InChI=1S/C12H12N2S/c15-12-13-7-11(14-12)10-5-4-8-2-1-3-9(8)6-10/h4-7H,1-3H2,(H2,13,14,15).